The molecule has 1 heterocycles. The second kappa shape index (κ2) is 6.59. The molecule has 1 aromatic heterocycles. The Morgan fingerprint density at radius 3 is 1.96 bits per heavy atom. The van der Waals surface area contributed by atoms with Gasteiger partial charge in [-0.2, -0.15) is 17.7 Å². The van der Waals surface area contributed by atoms with Gasteiger partial charge in [0.05, 0.1) is 10.3 Å². The first kappa shape index (κ1) is 20.8. The van der Waals surface area contributed by atoms with E-state index >= 15 is 0 Å². The number of pyridine rings is 1. The summed E-state index contributed by atoms with van der Waals surface area (Å²) < 4.78 is 42.1. The van der Waals surface area contributed by atoms with Gasteiger partial charge in [-0.1, -0.05) is 12.1 Å². The van der Waals surface area contributed by atoms with Gasteiger partial charge in [-0.3, -0.25) is 0 Å². The average molecular weight is 385 g/mol. The van der Waals surface area contributed by atoms with E-state index in [2.05, 4.69) is 42.5 Å². The van der Waals surface area contributed by atoms with E-state index in [-0.39, 0.29) is 0 Å². The molecule has 2 rings (SSSR count). The maximum absolute atomic E-state index is 13.3. The van der Waals surface area contributed by atoms with Crippen LogP contribution in [-0.2, 0) is 12.5 Å². The number of rotatable bonds is 3. The maximum atomic E-state index is 13.3. The number of halogens is 3. The summed E-state index contributed by atoms with van der Waals surface area (Å²) in [7, 11) is 1.14. The van der Waals surface area contributed by atoms with E-state index in [0.29, 0.717) is 5.56 Å². The molecule has 0 atom stereocenters. The molecule has 0 N–H and O–H groups in total. The fourth-order valence-electron chi connectivity index (χ4n) is 3.14. The van der Waals surface area contributed by atoms with Gasteiger partial charge in [0.1, 0.15) is 7.05 Å². The Labute approximate surface area is 156 Å². The van der Waals surface area contributed by atoms with E-state index in [1.807, 2.05) is 20.0 Å². The molecule has 0 radical (unpaired) electrons. The molecule has 0 bridgehead atoms. The standard InChI is InChI=1S/C21H29F3NS/c1-14-11-16(20(3,4)21(22,23)24)9-10-17(14)18-12-15(2)19(13-25(18)5)26(6,7)8/h9-13H,1-8H3/q+1. The molecule has 0 saturated heterocycles. The van der Waals surface area contributed by atoms with E-state index < -0.39 is 21.6 Å². The van der Waals surface area contributed by atoms with Crippen LogP contribution in [0.25, 0.3) is 11.3 Å². The van der Waals surface area contributed by atoms with E-state index in [1.165, 1.54) is 24.3 Å². The quantitative estimate of drug-likeness (QED) is 0.599. The number of alkyl halides is 3. The zero-order chi connectivity index (χ0) is 20.1. The predicted molar refractivity (Wildman–Crippen MR) is 105 cm³/mol. The monoisotopic (exact) mass is 384 g/mol. The Morgan fingerprint density at radius 2 is 1.50 bits per heavy atom. The van der Waals surface area contributed by atoms with Gasteiger partial charge in [0.15, 0.2) is 6.20 Å². The Kier molecular flexibility index (Phi) is 5.28. The summed E-state index contributed by atoms with van der Waals surface area (Å²) in [4.78, 5) is 1.34. The van der Waals surface area contributed by atoms with Crippen molar-refractivity contribution in [2.24, 2.45) is 7.05 Å². The number of aryl methyl sites for hydroxylation is 3. The van der Waals surface area contributed by atoms with Crippen LogP contribution >= 0.6 is 10.0 Å². The van der Waals surface area contributed by atoms with Crippen molar-refractivity contribution < 1.29 is 17.7 Å². The van der Waals surface area contributed by atoms with Crippen molar-refractivity contribution in [1.29, 1.82) is 0 Å². The highest BCUT2D eigenvalue weighted by atomic mass is 32.3. The largest absolute Gasteiger partial charge is 0.397 e. The van der Waals surface area contributed by atoms with Gasteiger partial charge in [-0.05, 0) is 69.2 Å². The van der Waals surface area contributed by atoms with Crippen LogP contribution in [0.3, 0.4) is 0 Å². The van der Waals surface area contributed by atoms with E-state index in [1.54, 1.807) is 12.1 Å². The van der Waals surface area contributed by atoms with Crippen LogP contribution in [-0.4, -0.2) is 24.9 Å². The first-order chi connectivity index (χ1) is 11.7. The minimum absolute atomic E-state index is 0.293. The number of benzene rings is 1. The molecule has 1 nitrogen and oxygen atoms in total. The Morgan fingerprint density at radius 1 is 0.923 bits per heavy atom. The normalized spacial score (nSPS) is 13.8. The zero-order valence-corrected chi connectivity index (χ0v) is 17.7. The minimum Gasteiger partial charge on any atom is -0.217 e. The summed E-state index contributed by atoms with van der Waals surface area (Å²) in [6.07, 6.45) is 4.66. The molecule has 0 saturated carbocycles. The lowest BCUT2D eigenvalue weighted by Crippen LogP contribution is -2.36. The van der Waals surface area contributed by atoms with Gasteiger partial charge in [-0.15, -0.1) is 0 Å². The molecule has 0 aliphatic heterocycles. The van der Waals surface area contributed by atoms with Gasteiger partial charge in [0.2, 0.25) is 5.69 Å². The molecule has 0 aliphatic rings. The van der Waals surface area contributed by atoms with Crippen LogP contribution < -0.4 is 4.57 Å². The van der Waals surface area contributed by atoms with Crippen molar-refractivity contribution in [2.75, 3.05) is 18.8 Å². The number of hydrogen-bond acceptors (Lipinski definition) is 0. The first-order valence-corrected chi connectivity index (χ1v) is 11.4. The van der Waals surface area contributed by atoms with Gasteiger partial charge < -0.3 is 0 Å². The summed E-state index contributed by atoms with van der Waals surface area (Å²) >= 11 is 0. The second-order valence-electron chi connectivity index (χ2n) is 8.31. The lowest BCUT2D eigenvalue weighted by molar-refractivity contribution is -0.662. The van der Waals surface area contributed by atoms with Crippen molar-refractivity contribution >= 4 is 10.0 Å². The van der Waals surface area contributed by atoms with Crippen LogP contribution in [0, 0.1) is 13.8 Å². The van der Waals surface area contributed by atoms with Crippen molar-refractivity contribution in [1.82, 2.24) is 0 Å². The van der Waals surface area contributed by atoms with Crippen molar-refractivity contribution in [3.8, 4) is 11.3 Å². The Balaban J connectivity index is 2.57. The molecule has 0 unspecified atom stereocenters. The van der Waals surface area contributed by atoms with Crippen molar-refractivity contribution in [3.05, 3.63) is 47.2 Å². The average Bonchev–Trinajstić information content (AvgIpc) is 2.47. The molecule has 5 heteroatoms. The molecule has 0 fully saturated rings. The molecule has 0 aliphatic carbocycles. The summed E-state index contributed by atoms with van der Waals surface area (Å²) in [6.45, 7) is 6.44. The maximum Gasteiger partial charge on any atom is 0.397 e. The van der Waals surface area contributed by atoms with Gasteiger partial charge >= 0.3 is 6.18 Å². The van der Waals surface area contributed by atoms with Crippen LogP contribution in [0.1, 0.15) is 30.5 Å². The van der Waals surface area contributed by atoms with E-state index in [0.717, 1.165) is 16.8 Å². The molecule has 2 aromatic rings. The summed E-state index contributed by atoms with van der Waals surface area (Å²) in [5.41, 5.74) is 2.48. The highest BCUT2D eigenvalue weighted by Gasteiger charge is 2.48. The topological polar surface area (TPSA) is 3.88 Å². The number of aromatic nitrogens is 1. The summed E-state index contributed by atoms with van der Waals surface area (Å²) in [5.74, 6) is 0. The lowest BCUT2D eigenvalue weighted by atomic mass is 9.82. The highest BCUT2D eigenvalue weighted by molar-refractivity contribution is 8.32. The SMILES string of the molecule is Cc1cc(C(C)(C)C(F)(F)F)ccc1-c1cc(C)c(S(C)(C)C)c[n+]1C. The minimum atomic E-state index is -4.28. The van der Waals surface area contributed by atoms with Crippen LogP contribution in [0.2, 0.25) is 0 Å². The first-order valence-electron chi connectivity index (χ1n) is 8.53. The molecule has 1 aromatic carbocycles. The fourth-order valence-corrected chi connectivity index (χ4v) is 4.64. The third kappa shape index (κ3) is 3.78. The van der Waals surface area contributed by atoms with Gasteiger partial charge in [0, 0.05) is 11.6 Å². The van der Waals surface area contributed by atoms with E-state index in [9.17, 15) is 13.2 Å². The molecular weight excluding hydrogens is 355 g/mol. The smallest absolute Gasteiger partial charge is 0.217 e. The molecule has 0 amide bonds. The second-order valence-corrected chi connectivity index (χ2v) is 12.4. The number of nitrogens with zero attached hydrogens (tertiary/aromatic N) is 1. The third-order valence-corrected chi connectivity index (χ3v) is 6.77. The zero-order valence-electron chi connectivity index (χ0n) is 16.9. The van der Waals surface area contributed by atoms with Crippen molar-refractivity contribution in [3.63, 3.8) is 0 Å². The van der Waals surface area contributed by atoms with Crippen LogP contribution in [0.15, 0.2) is 35.4 Å². The Hall–Kier alpha value is -1.49. The highest BCUT2D eigenvalue weighted by Crippen LogP contribution is 2.47. The van der Waals surface area contributed by atoms with Crippen molar-refractivity contribution in [2.45, 2.75) is 44.2 Å². The van der Waals surface area contributed by atoms with Gasteiger partial charge in [0.25, 0.3) is 0 Å². The predicted octanol–water partition coefficient (Wildman–Crippen LogP) is 5.69. The molecule has 26 heavy (non-hydrogen) atoms. The lowest BCUT2D eigenvalue weighted by Gasteiger charge is -2.29. The molecule has 0 spiro atoms. The third-order valence-electron chi connectivity index (χ3n) is 5.03. The van der Waals surface area contributed by atoms with E-state index in [4.69, 9.17) is 0 Å². The molecule has 144 valence electrons. The number of hydrogen-bond donors (Lipinski definition) is 0. The van der Waals surface area contributed by atoms with Gasteiger partial charge in [-0.25, -0.2) is 10.0 Å². The summed E-state index contributed by atoms with van der Waals surface area (Å²) in [5, 5.41) is 0. The fraction of sp³-hybridized carbons (Fsp3) is 0.476. The summed E-state index contributed by atoms with van der Waals surface area (Å²) in [6, 6.07) is 7.23. The van der Waals surface area contributed by atoms with Crippen LogP contribution in [0.5, 0.6) is 0 Å². The van der Waals surface area contributed by atoms with Crippen LogP contribution in [0.4, 0.5) is 13.2 Å². The molecular formula is C21H29F3NS+. The Bertz CT molecular complexity index is 830.